The van der Waals surface area contributed by atoms with Crippen molar-refractivity contribution in [2.24, 2.45) is 11.7 Å². The van der Waals surface area contributed by atoms with Crippen molar-refractivity contribution < 1.29 is 19.5 Å². The van der Waals surface area contributed by atoms with E-state index in [-0.39, 0.29) is 18.9 Å². The van der Waals surface area contributed by atoms with Gasteiger partial charge in [0.1, 0.15) is 6.04 Å². The number of carbonyl (C=O) groups excluding carboxylic acids is 2. The maximum Gasteiger partial charge on any atom is 0.326 e. The molecule has 1 heterocycles. The SMILES string of the molecule is CC1CC(C)N(C(=O)NC(CCC(N)=O)C(=O)O)C1. The molecule has 0 radical (unpaired) electrons. The molecular formula is C12H21N3O4. The van der Waals surface area contributed by atoms with Crippen LogP contribution < -0.4 is 11.1 Å². The Balaban J connectivity index is 2.56. The Bertz CT molecular complexity index is 372. The number of carboxylic acid groups (broad SMARTS) is 1. The summed E-state index contributed by atoms with van der Waals surface area (Å²) in [4.78, 5) is 35.3. The second-order valence-corrected chi connectivity index (χ2v) is 5.19. The largest absolute Gasteiger partial charge is 0.480 e. The zero-order chi connectivity index (χ0) is 14.6. The predicted octanol–water partition coefficient (Wildman–Crippen LogP) is 0.145. The molecule has 0 spiro atoms. The monoisotopic (exact) mass is 271 g/mol. The van der Waals surface area contributed by atoms with E-state index >= 15 is 0 Å². The van der Waals surface area contributed by atoms with E-state index in [1.807, 2.05) is 13.8 Å². The Hall–Kier alpha value is -1.79. The number of hydrogen-bond acceptors (Lipinski definition) is 3. The van der Waals surface area contributed by atoms with Crippen molar-refractivity contribution in [3.8, 4) is 0 Å². The summed E-state index contributed by atoms with van der Waals surface area (Å²) in [6.07, 6.45) is 0.851. The molecule has 3 unspecified atom stereocenters. The van der Waals surface area contributed by atoms with E-state index in [0.29, 0.717) is 12.5 Å². The second kappa shape index (κ2) is 6.40. The number of likely N-dealkylation sites (tertiary alicyclic amines) is 1. The number of carbonyl (C=O) groups is 3. The summed E-state index contributed by atoms with van der Waals surface area (Å²) < 4.78 is 0. The van der Waals surface area contributed by atoms with Crippen LogP contribution in [0.4, 0.5) is 4.79 Å². The van der Waals surface area contributed by atoms with Gasteiger partial charge in [-0.2, -0.15) is 0 Å². The molecule has 7 nitrogen and oxygen atoms in total. The van der Waals surface area contributed by atoms with Gasteiger partial charge in [0, 0.05) is 19.0 Å². The summed E-state index contributed by atoms with van der Waals surface area (Å²) in [7, 11) is 0. The first-order chi connectivity index (χ1) is 8.81. The molecular weight excluding hydrogens is 250 g/mol. The highest BCUT2D eigenvalue weighted by atomic mass is 16.4. The molecule has 1 rings (SSSR count). The van der Waals surface area contributed by atoms with Crippen LogP contribution in [-0.4, -0.2) is 46.5 Å². The van der Waals surface area contributed by atoms with Gasteiger partial charge in [0.15, 0.2) is 0 Å². The number of aliphatic carboxylic acids is 1. The lowest BCUT2D eigenvalue weighted by Gasteiger charge is -2.24. The molecule has 19 heavy (non-hydrogen) atoms. The molecule has 0 aromatic rings. The molecule has 1 fully saturated rings. The fraction of sp³-hybridized carbons (Fsp3) is 0.750. The summed E-state index contributed by atoms with van der Waals surface area (Å²) in [6, 6.07) is -1.38. The molecule has 0 aromatic carbocycles. The van der Waals surface area contributed by atoms with Crippen LogP contribution in [0.1, 0.15) is 33.1 Å². The number of nitrogens with one attached hydrogen (secondary N) is 1. The number of nitrogens with zero attached hydrogens (tertiary/aromatic N) is 1. The molecule has 7 heteroatoms. The van der Waals surface area contributed by atoms with Crippen molar-refractivity contribution in [1.29, 1.82) is 0 Å². The van der Waals surface area contributed by atoms with Crippen LogP contribution in [0.2, 0.25) is 0 Å². The number of hydrogen-bond donors (Lipinski definition) is 3. The first kappa shape index (κ1) is 15.3. The highest BCUT2D eigenvalue weighted by Gasteiger charge is 2.32. The standard InChI is InChI=1S/C12H21N3O4/c1-7-5-8(2)15(6-7)12(19)14-9(11(17)18)3-4-10(13)16/h7-9H,3-6H2,1-2H3,(H2,13,16)(H,14,19)(H,17,18). The van der Waals surface area contributed by atoms with E-state index in [1.165, 1.54) is 0 Å². The molecule has 1 aliphatic rings. The first-order valence-corrected chi connectivity index (χ1v) is 6.39. The highest BCUT2D eigenvalue weighted by Crippen LogP contribution is 2.22. The molecule has 108 valence electrons. The number of amides is 3. The van der Waals surface area contributed by atoms with Crippen LogP contribution in [0.15, 0.2) is 0 Å². The van der Waals surface area contributed by atoms with Gasteiger partial charge in [0.05, 0.1) is 0 Å². The third-order valence-electron chi connectivity index (χ3n) is 3.32. The summed E-state index contributed by atoms with van der Waals surface area (Å²) in [5, 5.41) is 11.5. The average molecular weight is 271 g/mol. The van der Waals surface area contributed by atoms with Gasteiger partial charge in [-0.05, 0) is 25.7 Å². The van der Waals surface area contributed by atoms with Crippen molar-refractivity contribution in [1.82, 2.24) is 10.2 Å². The van der Waals surface area contributed by atoms with Gasteiger partial charge in [0.2, 0.25) is 5.91 Å². The quantitative estimate of drug-likeness (QED) is 0.660. The van der Waals surface area contributed by atoms with Gasteiger partial charge in [-0.3, -0.25) is 4.79 Å². The Morgan fingerprint density at radius 2 is 2.05 bits per heavy atom. The predicted molar refractivity (Wildman–Crippen MR) is 68.3 cm³/mol. The van der Waals surface area contributed by atoms with Gasteiger partial charge in [0.25, 0.3) is 0 Å². The summed E-state index contributed by atoms with van der Waals surface area (Å²) >= 11 is 0. The van der Waals surface area contributed by atoms with E-state index in [9.17, 15) is 14.4 Å². The number of primary amides is 1. The van der Waals surface area contributed by atoms with Gasteiger partial charge in [-0.15, -0.1) is 0 Å². The Morgan fingerprint density at radius 1 is 1.42 bits per heavy atom. The third kappa shape index (κ3) is 4.42. The van der Waals surface area contributed by atoms with Crippen molar-refractivity contribution in [2.45, 2.75) is 45.2 Å². The average Bonchev–Trinajstić information content (AvgIpc) is 2.62. The fourth-order valence-electron chi connectivity index (χ4n) is 2.36. The van der Waals surface area contributed by atoms with Crippen LogP contribution in [0, 0.1) is 5.92 Å². The molecule has 4 N–H and O–H groups in total. The molecule has 3 amide bonds. The molecule has 1 saturated heterocycles. The Kier molecular flexibility index (Phi) is 5.14. The minimum absolute atomic E-state index is 0.00812. The van der Waals surface area contributed by atoms with Gasteiger partial charge in [-0.25, -0.2) is 9.59 Å². The number of nitrogens with two attached hydrogens (primary N) is 1. The van der Waals surface area contributed by atoms with Crippen molar-refractivity contribution >= 4 is 17.9 Å². The van der Waals surface area contributed by atoms with Gasteiger partial charge < -0.3 is 21.1 Å². The van der Waals surface area contributed by atoms with Crippen LogP contribution in [-0.2, 0) is 9.59 Å². The van der Waals surface area contributed by atoms with E-state index in [2.05, 4.69) is 5.32 Å². The summed E-state index contributed by atoms with van der Waals surface area (Å²) in [6.45, 7) is 4.60. The topological polar surface area (TPSA) is 113 Å². The van der Waals surface area contributed by atoms with E-state index in [0.717, 1.165) is 6.42 Å². The van der Waals surface area contributed by atoms with Crippen LogP contribution in [0.25, 0.3) is 0 Å². The van der Waals surface area contributed by atoms with E-state index in [4.69, 9.17) is 10.8 Å². The summed E-state index contributed by atoms with van der Waals surface area (Å²) in [5.74, 6) is -1.33. The van der Waals surface area contributed by atoms with Crippen LogP contribution in [0.5, 0.6) is 0 Å². The molecule has 0 aromatic heterocycles. The lowest BCUT2D eigenvalue weighted by molar-refractivity contribution is -0.139. The van der Waals surface area contributed by atoms with Crippen molar-refractivity contribution in [3.63, 3.8) is 0 Å². The first-order valence-electron chi connectivity index (χ1n) is 6.39. The van der Waals surface area contributed by atoms with E-state index < -0.39 is 23.9 Å². The molecule has 3 atom stereocenters. The Labute approximate surface area is 112 Å². The van der Waals surface area contributed by atoms with Gasteiger partial charge >= 0.3 is 12.0 Å². The molecule has 1 aliphatic heterocycles. The molecule has 0 aliphatic carbocycles. The van der Waals surface area contributed by atoms with Crippen molar-refractivity contribution in [3.05, 3.63) is 0 Å². The second-order valence-electron chi connectivity index (χ2n) is 5.19. The lowest BCUT2D eigenvalue weighted by atomic mass is 10.1. The Morgan fingerprint density at radius 3 is 2.47 bits per heavy atom. The van der Waals surface area contributed by atoms with Gasteiger partial charge in [-0.1, -0.05) is 6.92 Å². The maximum atomic E-state index is 12.0. The number of rotatable bonds is 5. The molecule has 0 saturated carbocycles. The van der Waals surface area contributed by atoms with Crippen molar-refractivity contribution in [2.75, 3.05) is 6.54 Å². The van der Waals surface area contributed by atoms with Crippen LogP contribution >= 0.6 is 0 Å². The third-order valence-corrected chi connectivity index (χ3v) is 3.32. The number of urea groups is 1. The minimum Gasteiger partial charge on any atom is -0.480 e. The zero-order valence-corrected chi connectivity index (χ0v) is 11.3. The molecule has 0 bridgehead atoms. The van der Waals surface area contributed by atoms with E-state index in [1.54, 1.807) is 4.90 Å². The highest BCUT2D eigenvalue weighted by molar-refractivity contribution is 5.83. The zero-order valence-electron chi connectivity index (χ0n) is 11.3. The normalized spacial score (nSPS) is 24.0. The van der Waals surface area contributed by atoms with Crippen LogP contribution in [0.3, 0.4) is 0 Å². The smallest absolute Gasteiger partial charge is 0.326 e. The summed E-state index contributed by atoms with van der Waals surface area (Å²) in [5.41, 5.74) is 4.98. The lowest BCUT2D eigenvalue weighted by Crippen LogP contribution is -2.49. The fourth-order valence-corrected chi connectivity index (χ4v) is 2.36. The minimum atomic E-state index is -1.16. The number of carboxylic acids is 1. The maximum absolute atomic E-state index is 12.0.